The number of likely N-dealkylation sites (N-methyl/N-ethyl adjacent to an activating group) is 1. The molecular weight excluding hydrogens is 269 g/mol. The fraction of sp³-hybridized carbons (Fsp3) is 0.412. The lowest BCUT2D eigenvalue weighted by molar-refractivity contribution is 0.314. The number of halogens is 1. The van der Waals surface area contributed by atoms with Crippen LogP contribution in [0.4, 0.5) is 4.39 Å². The van der Waals surface area contributed by atoms with E-state index in [4.69, 9.17) is 0 Å². The molecule has 1 aliphatic rings. The fourth-order valence-electron chi connectivity index (χ4n) is 3.09. The Balaban J connectivity index is 1.56. The molecule has 0 aliphatic heterocycles. The molecule has 1 heterocycles. The van der Waals surface area contributed by atoms with Crippen LogP contribution in [0.2, 0.25) is 0 Å². The van der Waals surface area contributed by atoms with E-state index in [0.717, 1.165) is 32.4 Å². The van der Waals surface area contributed by atoms with E-state index >= 15 is 0 Å². The Kier molecular flexibility index (Phi) is 4.18. The summed E-state index contributed by atoms with van der Waals surface area (Å²) in [7, 11) is 2.19. The van der Waals surface area contributed by atoms with Crippen molar-refractivity contribution in [2.45, 2.75) is 25.2 Å². The molecule has 0 amide bonds. The maximum absolute atomic E-state index is 13.2. The molecule has 0 saturated heterocycles. The Hall–Kier alpha value is -1.19. The summed E-state index contributed by atoms with van der Waals surface area (Å²) in [6, 6.07) is 9.60. The highest BCUT2D eigenvalue weighted by molar-refractivity contribution is 7.09. The second-order valence-corrected chi connectivity index (χ2v) is 6.70. The zero-order valence-corrected chi connectivity index (χ0v) is 12.6. The van der Waals surface area contributed by atoms with Crippen LogP contribution in [0.3, 0.4) is 0 Å². The lowest BCUT2D eigenvalue weighted by atomic mass is 10.0. The second-order valence-electron chi connectivity index (χ2n) is 5.67. The predicted octanol–water partition coefficient (Wildman–Crippen LogP) is 4.09. The van der Waals surface area contributed by atoms with Gasteiger partial charge in [0.05, 0.1) is 0 Å². The number of fused-ring (bicyclic) bond motifs is 1. The quantitative estimate of drug-likeness (QED) is 0.801. The van der Waals surface area contributed by atoms with Gasteiger partial charge in [0.15, 0.2) is 0 Å². The van der Waals surface area contributed by atoms with E-state index in [2.05, 4.69) is 29.5 Å². The number of benzene rings is 1. The van der Waals surface area contributed by atoms with Crippen LogP contribution in [0.5, 0.6) is 0 Å². The summed E-state index contributed by atoms with van der Waals surface area (Å²) in [5.41, 5.74) is 2.57. The maximum atomic E-state index is 13.2. The van der Waals surface area contributed by atoms with Crippen LogP contribution < -0.4 is 0 Å². The molecule has 0 fully saturated rings. The predicted molar refractivity (Wildman–Crippen MR) is 83.0 cm³/mol. The van der Waals surface area contributed by atoms with Crippen molar-refractivity contribution in [3.8, 4) is 0 Å². The first-order valence-electron chi connectivity index (χ1n) is 7.21. The fourth-order valence-corrected chi connectivity index (χ4v) is 3.79. The first-order chi connectivity index (χ1) is 9.72. The largest absolute Gasteiger partial charge is 0.305 e. The smallest absolute Gasteiger partial charge is 0.123 e. The van der Waals surface area contributed by atoms with Gasteiger partial charge in [-0.2, -0.15) is 0 Å². The molecule has 0 spiro atoms. The summed E-state index contributed by atoms with van der Waals surface area (Å²) in [5, 5.41) is 2.14. The van der Waals surface area contributed by atoms with Crippen molar-refractivity contribution in [3.05, 3.63) is 57.5 Å². The summed E-state index contributed by atoms with van der Waals surface area (Å²) in [5.74, 6) is 0.467. The van der Waals surface area contributed by atoms with Gasteiger partial charge in [0, 0.05) is 18.0 Å². The van der Waals surface area contributed by atoms with Crippen LogP contribution in [-0.4, -0.2) is 25.0 Å². The van der Waals surface area contributed by atoms with Crippen molar-refractivity contribution in [2.75, 3.05) is 20.1 Å². The number of rotatable bonds is 5. The number of thiophene rings is 1. The molecule has 1 aromatic heterocycles. The van der Waals surface area contributed by atoms with Crippen LogP contribution in [0, 0.1) is 5.82 Å². The molecule has 1 atom stereocenters. The van der Waals surface area contributed by atoms with Crippen molar-refractivity contribution >= 4 is 11.3 Å². The number of hydrogen-bond acceptors (Lipinski definition) is 2. The monoisotopic (exact) mass is 289 g/mol. The van der Waals surface area contributed by atoms with E-state index in [-0.39, 0.29) is 5.82 Å². The van der Waals surface area contributed by atoms with Crippen LogP contribution in [-0.2, 0) is 12.8 Å². The van der Waals surface area contributed by atoms with Gasteiger partial charge in [-0.3, -0.25) is 0 Å². The van der Waals surface area contributed by atoms with Crippen LogP contribution in [0.25, 0.3) is 0 Å². The van der Waals surface area contributed by atoms with Gasteiger partial charge in [-0.15, -0.1) is 11.3 Å². The molecule has 3 heteroatoms. The normalized spacial score (nSPS) is 17.6. The Labute approximate surface area is 124 Å². The summed E-state index contributed by atoms with van der Waals surface area (Å²) >= 11 is 1.83. The number of hydrogen-bond donors (Lipinski definition) is 0. The molecule has 0 N–H and O–H groups in total. The van der Waals surface area contributed by atoms with Gasteiger partial charge in [-0.05, 0) is 66.9 Å². The lowest BCUT2D eigenvalue weighted by Gasteiger charge is -2.21. The first-order valence-corrected chi connectivity index (χ1v) is 8.09. The van der Waals surface area contributed by atoms with Crippen molar-refractivity contribution in [1.82, 2.24) is 4.90 Å². The zero-order valence-electron chi connectivity index (χ0n) is 11.8. The highest BCUT2D eigenvalue weighted by Gasteiger charge is 2.23. The van der Waals surface area contributed by atoms with Gasteiger partial charge in [0.1, 0.15) is 5.82 Å². The van der Waals surface area contributed by atoms with Gasteiger partial charge in [0.25, 0.3) is 0 Å². The van der Waals surface area contributed by atoms with Gasteiger partial charge in [-0.25, -0.2) is 4.39 Å². The maximum Gasteiger partial charge on any atom is 0.123 e. The van der Waals surface area contributed by atoms with E-state index in [0.29, 0.717) is 5.92 Å². The van der Waals surface area contributed by atoms with Crippen molar-refractivity contribution < 1.29 is 4.39 Å². The van der Waals surface area contributed by atoms with E-state index in [1.54, 1.807) is 12.1 Å². The Morgan fingerprint density at radius 1 is 1.35 bits per heavy atom. The molecule has 1 aromatic carbocycles. The third-order valence-corrected chi connectivity index (χ3v) is 5.10. The Morgan fingerprint density at radius 3 is 3.05 bits per heavy atom. The average Bonchev–Trinajstić information content (AvgIpc) is 3.06. The standard InChI is InChI=1S/C17H20FNS/c1-19(9-8-16-3-2-10-20-16)12-14-5-4-13-11-15(18)6-7-17(13)14/h2-3,6-7,10-11,14H,4-5,8-9,12H2,1H3. The minimum absolute atomic E-state index is 0.101. The van der Waals surface area contributed by atoms with Crippen LogP contribution >= 0.6 is 11.3 Å². The Morgan fingerprint density at radius 2 is 2.25 bits per heavy atom. The van der Waals surface area contributed by atoms with Crippen molar-refractivity contribution in [1.29, 1.82) is 0 Å². The zero-order chi connectivity index (χ0) is 13.9. The third kappa shape index (κ3) is 3.10. The number of aryl methyl sites for hydroxylation is 1. The van der Waals surface area contributed by atoms with E-state index in [9.17, 15) is 4.39 Å². The minimum atomic E-state index is -0.101. The van der Waals surface area contributed by atoms with Crippen molar-refractivity contribution in [3.63, 3.8) is 0 Å². The first kappa shape index (κ1) is 13.8. The molecular formula is C17H20FNS. The molecule has 106 valence electrons. The Bertz CT molecular complexity index is 564. The number of nitrogens with zero attached hydrogens (tertiary/aromatic N) is 1. The minimum Gasteiger partial charge on any atom is -0.305 e. The summed E-state index contributed by atoms with van der Waals surface area (Å²) in [6.07, 6.45) is 3.30. The van der Waals surface area contributed by atoms with Crippen LogP contribution in [0.15, 0.2) is 35.7 Å². The molecule has 0 saturated carbocycles. The van der Waals surface area contributed by atoms with E-state index in [1.807, 2.05) is 17.4 Å². The molecule has 20 heavy (non-hydrogen) atoms. The topological polar surface area (TPSA) is 3.24 Å². The summed E-state index contributed by atoms with van der Waals surface area (Å²) < 4.78 is 13.2. The molecule has 0 radical (unpaired) electrons. The summed E-state index contributed by atoms with van der Waals surface area (Å²) in [6.45, 7) is 2.16. The van der Waals surface area contributed by atoms with Gasteiger partial charge in [0.2, 0.25) is 0 Å². The van der Waals surface area contributed by atoms with Gasteiger partial charge >= 0.3 is 0 Å². The third-order valence-electron chi connectivity index (χ3n) is 4.16. The van der Waals surface area contributed by atoms with Crippen molar-refractivity contribution in [2.24, 2.45) is 0 Å². The van der Waals surface area contributed by atoms with Gasteiger partial charge < -0.3 is 4.90 Å². The molecule has 1 unspecified atom stereocenters. The lowest BCUT2D eigenvalue weighted by Crippen LogP contribution is -2.26. The molecule has 3 rings (SSSR count). The average molecular weight is 289 g/mol. The second kappa shape index (κ2) is 6.06. The van der Waals surface area contributed by atoms with E-state index < -0.39 is 0 Å². The molecule has 1 nitrogen and oxygen atoms in total. The summed E-state index contributed by atoms with van der Waals surface area (Å²) in [4.78, 5) is 3.86. The van der Waals surface area contributed by atoms with Crippen LogP contribution in [0.1, 0.15) is 28.3 Å². The van der Waals surface area contributed by atoms with E-state index in [1.165, 1.54) is 16.0 Å². The highest BCUT2D eigenvalue weighted by Crippen LogP contribution is 2.33. The highest BCUT2D eigenvalue weighted by atomic mass is 32.1. The van der Waals surface area contributed by atoms with Gasteiger partial charge in [-0.1, -0.05) is 12.1 Å². The molecule has 0 bridgehead atoms. The molecule has 2 aromatic rings. The molecule has 1 aliphatic carbocycles. The SMILES string of the molecule is CN(CCc1cccs1)CC1CCc2cc(F)ccc21.